The van der Waals surface area contributed by atoms with Gasteiger partial charge in [0.15, 0.2) is 0 Å². The Hall–Kier alpha value is 1.08. The second-order valence-corrected chi connectivity index (χ2v) is 13.4. The third-order valence-electron chi connectivity index (χ3n) is 3.77. The summed E-state index contributed by atoms with van der Waals surface area (Å²) in [7, 11) is 0. The van der Waals surface area contributed by atoms with E-state index in [0.29, 0.717) is 52.9 Å². The van der Waals surface area contributed by atoms with Crippen LogP contribution in [0.5, 0.6) is 0 Å². The van der Waals surface area contributed by atoms with Crippen LogP contribution in [0.3, 0.4) is 0 Å². The van der Waals surface area contributed by atoms with Crippen molar-refractivity contribution in [1.29, 1.82) is 0 Å². The minimum atomic E-state index is -0.0293. The number of hydrogen-bond acceptors (Lipinski definition) is 12. The first-order valence-corrected chi connectivity index (χ1v) is 14.8. The maximum absolute atomic E-state index is 9.54. The molecule has 3 rings (SSSR count). The third-order valence-corrected chi connectivity index (χ3v) is 12.4. The van der Waals surface area contributed by atoms with Crippen LogP contribution in [0.1, 0.15) is 0 Å². The van der Waals surface area contributed by atoms with Gasteiger partial charge in [-0.1, -0.05) is 47.0 Å². The molecule has 2 N–H and O–H groups in total. The van der Waals surface area contributed by atoms with Gasteiger partial charge in [0.2, 0.25) is 0 Å². The highest BCUT2D eigenvalue weighted by Crippen LogP contribution is 2.63. The molecule has 0 saturated heterocycles. The van der Waals surface area contributed by atoms with Crippen LogP contribution in [0.4, 0.5) is 0 Å². The highest BCUT2D eigenvalue weighted by atomic mass is 32.3. The lowest BCUT2D eigenvalue weighted by atomic mass is 10.5. The van der Waals surface area contributed by atoms with Crippen molar-refractivity contribution in [2.45, 2.75) is 0 Å². The molecule has 0 spiro atoms. The molecule has 0 aromatic heterocycles. The zero-order valence-electron chi connectivity index (χ0n) is 16.5. The van der Waals surface area contributed by atoms with Crippen LogP contribution in [0, 0.1) is 0 Å². The molecule has 12 heteroatoms. The summed E-state index contributed by atoms with van der Waals surface area (Å²) < 4.78 is 27.3. The Balaban J connectivity index is 1.57. The zero-order chi connectivity index (χ0) is 21.0. The van der Waals surface area contributed by atoms with Gasteiger partial charge in [0.25, 0.3) is 0 Å². The highest BCUT2D eigenvalue weighted by molar-refractivity contribution is 8.42. The van der Waals surface area contributed by atoms with Crippen molar-refractivity contribution in [2.75, 3.05) is 77.6 Å². The van der Waals surface area contributed by atoms with E-state index in [1.807, 2.05) is 23.5 Å². The molecule has 0 atom stereocenters. The van der Waals surface area contributed by atoms with E-state index in [1.165, 1.54) is 12.7 Å². The minimum Gasteiger partial charge on any atom is -0.391 e. The number of aliphatic hydroxyl groups excluding tert-OH is 2. The SMILES string of the molecule is OCC1=C(CO)SC(=C2SC3=C(SCCOCCOCCOCCOCCS3)S2)S1. The molecule has 6 nitrogen and oxygen atoms in total. The molecule has 3 aliphatic heterocycles. The molecule has 170 valence electrons. The Kier molecular flexibility index (Phi) is 12.9. The monoisotopic (exact) mass is 530 g/mol. The fraction of sp³-hybridized carbons (Fsp3) is 0.667. The molecule has 0 unspecified atom stereocenters. The average molecular weight is 531 g/mol. The lowest BCUT2D eigenvalue weighted by Crippen LogP contribution is -2.13. The standard InChI is InChI=1S/C18H26O6S6/c19-11-13-14(12-20)28-17(27-13)18-29-15-16(30-18)26-10-8-24-6-4-22-2-1-21-3-5-23-7-9-25-15/h19-20H,1-12H2. The Labute approximate surface area is 203 Å². The zero-order valence-corrected chi connectivity index (χ0v) is 21.4. The van der Waals surface area contributed by atoms with E-state index in [4.69, 9.17) is 18.9 Å². The van der Waals surface area contributed by atoms with Crippen molar-refractivity contribution in [3.05, 3.63) is 26.8 Å². The van der Waals surface area contributed by atoms with Crippen molar-refractivity contribution < 1.29 is 29.2 Å². The van der Waals surface area contributed by atoms with E-state index < -0.39 is 0 Å². The number of hydrogen-bond donors (Lipinski definition) is 2. The highest BCUT2D eigenvalue weighted by Gasteiger charge is 2.29. The van der Waals surface area contributed by atoms with Gasteiger partial charge >= 0.3 is 0 Å². The van der Waals surface area contributed by atoms with Gasteiger partial charge < -0.3 is 29.2 Å². The van der Waals surface area contributed by atoms with Crippen molar-refractivity contribution in [3.63, 3.8) is 0 Å². The quantitative estimate of drug-likeness (QED) is 0.543. The second kappa shape index (κ2) is 15.1. The maximum Gasteiger partial charge on any atom is 0.0753 e. The van der Waals surface area contributed by atoms with Crippen molar-refractivity contribution in [1.82, 2.24) is 0 Å². The van der Waals surface area contributed by atoms with Crippen LogP contribution in [0.25, 0.3) is 0 Å². The number of ether oxygens (including phenoxy) is 4. The van der Waals surface area contributed by atoms with Crippen molar-refractivity contribution in [2.24, 2.45) is 0 Å². The lowest BCUT2D eigenvalue weighted by molar-refractivity contribution is 0.00147. The molecule has 0 aromatic rings. The van der Waals surface area contributed by atoms with Crippen LogP contribution < -0.4 is 0 Å². The van der Waals surface area contributed by atoms with E-state index in [0.717, 1.165) is 25.6 Å². The smallest absolute Gasteiger partial charge is 0.0753 e. The van der Waals surface area contributed by atoms with Crippen molar-refractivity contribution in [3.8, 4) is 0 Å². The Morgan fingerprint density at radius 3 is 1.27 bits per heavy atom. The largest absolute Gasteiger partial charge is 0.391 e. The average Bonchev–Trinajstić information content (AvgIpc) is 3.36. The van der Waals surface area contributed by atoms with Gasteiger partial charge in [-0.25, -0.2) is 0 Å². The van der Waals surface area contributed by atoms with E-state index in [-0.39, 0.29) is 13.2 Å². The third kappa shape index (κ3) is 8.45. The van der Waals surface area contributed by atoms with Crippen LogP contribution >= 0.6 is 70.6 Å². The molecule has 3 heterocycles. The van der Waals surface area contributed by atoms with Crippen LogP contribution in [0.15, 0.2) is 26.8 Å². The van der Waals surface area contributed by atoms with Gasteiger partial charge in [-0.2, -0.15) is 0 Å². The molecule has 0 amide bonds. The van der Waals surface area contributed by atoms with Crippen molar-refractivity contribution >= 4 is 70.6 Å². The fourth-order valence-electron chi connectivity index (χ4n) is 2.36. The van der Waals surface area contributed by atoms with E-state index in [2.05, 4.69) is 0 Å². The van der Waals surface area contributed by atoms with Gasteiger partial charge in [0.1, 0.15) is 0 Å². The maximum atomic E-state index is 9.54. The Morgan fingerprint density at radius 2 is 0.867 bits per heavy atom. The summed E-state index contributed by atoms with van der Waals surface area (Å²) in [5, 5.41) is 19.1. The number of rotatable bonds is 2. The first kappa shape index (κ1) is 25.7. The second-order valence-electron chi connectivity index (χ2n) is 5.87. The molecule has 0 saturated carbocycles. The predicted octanol–water partition coefficient (Wildman–Crippen LogP) is 3.94. The molecule has 0 fully saturated rings. The molecule has 0 bridgehead atoms. The van der Waals surface area contributed by atoms with Gasteiger partial charge in [-0.05, 0) is 0 Å². The summed E-state index contributed by atoms with van der Waals surface area (Å²) >= 11 is 10.4. The molecule has 0 radical (unpaired) electrons. The number of aliphatic hydroxyl groups is 2. The fourth-order valence-corrected chi connectivity index (χ4v) is 10.8. The van der Waals surface area contributed by atoms with E-state index >= 15 is 0 Å². The van der Waals surface area contributed by atoms with Gasteiger partial charge in [0, 0.05) is 21.3 Å². The minimum absolute atomic E-state index is 0.0293. The summed E-state index contributed by atoms with van der Waals surface area (Å²) in [5.74, 6) is 1.77. The topological polar surface area (TPSA) is 77.4 Å². The van der Waals surface area contributed by atoms with Crippen LogP contribution in [-0.2, 0) is 18.9 Å². The molecular formula is C18H26O6S6. The summed E-state index contributed by atoms with van der Waals surface area (Å²) in [5.41, 5.74) is 0. The van der Waals surface area contributed by atoms with Gasteiger partial charge in [-0.15, -0.1) is 23.5 Å². The van der Waals surface area contributed by atoms with Crippen LogP contribution in [0.2, 0.25) is 0 Å². The first-order valence-electron chi connectivity index (χ1n) is 9.52. The summed E-state index contributed by atoms with van der Waals surface area (Å²) in [4.78, 5) is 1.70. The van der Waals surface area contributed by atoms with E-state index in [1.54, 1.807) is 47.0 Å². The van der Waals surface area contributed by atoms with Gasteiger partial charge in [-0.3, -0.25) is 0 Å². The van der Waals surface area contributed by atoms with Crippen LogP contribution in [-0.4, -0.2) is 87.8 Å². The molecular weight excluding hydrogens is 505 g/mol. The molecule has 3 aliphatic rings. The summed E-state index contributed by atoms with van der Waals surface area (Å²) in [6.45, 7) is 4.81. The normalized spacial score (nSPS) is 24.2. The number of thioether (sulfide) groups is 6. The molecule has 0 aromatic carbocycles. The molecule has 0 aliphatic carbocycles. The Morgan fingerprint density at radius 1 is 0.500 bits per heavy atom. The van der Waals surface area contributed by atoms with Gasteiger partial charge in [0.05, 0.1) is 83.0 Å². The first-order chi connectivity index (χ1) is 14.8. The summed E-state index contributed by atoms with van der Waals surface area (Å²) in [6.07, 6.45) is 0. The van der Waals surface area contributed by atoms with E-state index in [9.17, 15) is 10.2 Å². The summed E-state index contributed by atoms with van der Waals surface area (Å²) in [6, 6.07) is 0. The lowest BCUT2D eigenvalue weighted by Gasteiger charge is -2.09. The molecule has 30 heavy (non-hydrogen) atoms. The Bertz CT molecular complexity index is 603. The predicted molar refractivity (Wildman–Crippen MR) is 134 cm³/mol.